The van der Waals surface area contributed by atoms with Crippen molar-refractivity contribution in [3.05, 3.63) is 39.6 Å². The number of halogens is 1. The van der Waals surface area contributed by atoms with Gasteiger partial charge in [0.2, 0.25) is 0 Å². The smallest absolute Gasteiger partial charge is 0.286 e. The molecular weight excluding hydrogens is 330 g/mol. The Balaban J connectivity index is 2.76. The van der Waals surface area contributed by atoms with Crippen molar-refractivity contribution in [3.8, 4) is 5.95 Å². The monoisotopic (exact) mass is 353 g/mol. The zero-order valence-electron chi connectivity index (χ0n) is 13.0. The van der Waals surface area contributed by atoms with Crippen molar-refractivity contribution < 1.29 is 9.52 Å². The molecule has 0 aliphatic heterocycles. The van der Waals surface area contributed by atoms with Crippen LogP contribution in [0.25, 0.3) is 0 Å². The van der Waals surface area contributed by atoms with Crippen LogP contribution >= 0.6 is 15.9 Å². The zero-order valence-corrected chi connectivity index (χ0v) is 14.6. The minimum absolute atomic E-state index is 0.00283. The van der Waals surface area contributed by atoms with Gasteiger partial charge in [0.15, 0.2) is 5.76 Å². The third kappa shape index (κ3) is 5.54. The van der Waals surface area contributed by atoms with Gasteiger partial charge in [-0.3, -0.25) is 4.99 Å². The number of allylic oxidation sites excluding steroid dienone is 3. The molecule has 0 amide bonds. The van der Waals surface area contributed by atoms with Crippen LogP contribution in [0.5, 0.6) is 5.95 Å². The van der Waals surface area contributed by atoms with Crippen LogP contribution in [-0.2, 0) is 6.42 Å². The molecule has 0 saturated carbocycles. The fourth-order valence-electron chi connectivity index (χ4n) is 1.87. The second kappa shape index (κ2) is 9.61. The van der Waals surface area contributed by atoms with Gasteiger partial charge < -0.3 is 9.52 Å². The van der Waals surface area contributed by atoms with Gasteiger partial charge in [0.1, 0.15) is 0 Å². The first-order valence-corrected chi connectivity index (χ1v) is 8.23. The molecule has 1 aromatic rings. The molecule has 1 aromatic heterocycles. The highest BCUT2D eigenvalue weighted by atomic mass is 79.9. The number of furan rings is 1. The third-order valence-corrected chi connectivity index (χ3v) is 4.08. The molecule has 0 aliphatic rings. The SMILES string of the molecule is C/C=C\C=C(/CC)CN=Cc1oc(O)c(CCCC)c1Br. The second-order valence-corrected chi connectivity index (χ2v) is 5.63. The van der Waals surface area contributed by atoms with E-state index in [0.29, 0.717) is 12.3 Å². The van der Waals surface area contributed by atoms with Gasteiger partial charge in [-0.15, -0.1) is 0 Å². The quantitative estimate of drug-likeness (QED) is 0.500. The average molecular weight is 354 g/mol. The van der Waals surface area contributed by atoms with Crippen LogP contribution in [-0.4, -0.2) is 17.9 Å². The Morgan fingerprint density at radius 3 is 2.76 bits per heavy atom. The molecule has 0 spiro atoms. The molecule has 0 unspecified atom stereocenters. The molecule has 0 bridgehead atoms. The Morgan fingerprint density at radius 2 is 2.14 bits per heavy atom. The summed E-state index contributed by atoms with van der Waals surface area (Å²) in [5.41, 5.74) is 2.08. The summed E-state index contributed by atoms with van der Waals surface area (Å²) in [5, 5.41) is 9.83. The molecule has 0 radical (unpaired) electrons. The highest BCUT2D eigenvalue weighted by Gasteiger charge is 2.15. The maximum Gasteiger partial charge on any atom is 0.286 e. The molecule has 21 heavy (non-hydrogen) atoms. The van der Waals surface area contributed by atoms with Gasteiger partial charge in [0.25, 0.3) is 5.95 Å². The summed E-state index contributed by atoms with van der Waals surface area (Å²) in [5.74, 6) is 0.581. The van der Waals surface area contributed by atoms with Crippen molar-refractivity contribution in [2.45, 2.75) is 46.5 Å². The minimum Gasteiger partial charge on any atom is -0.480 e. The number of aromatic hydroxyl groups is 1. The molecule has 0 aromatic carbocycles. The minimum atomic E-state index is -0.00283. The van der Waals surface area contributed by atoms with E-state index >= 15 is 0 Å². The maximum atomic E-state index is 9.83. The molecule has 4 heteroatoms. The van der Waals surface area contributed by atoms with E-state index in [2.05, 4.69) is 40.8 Å². The third-order valence-electron chi connectivity index (χ3n) is 3.21. The van der Waals surface area contributed by atoms with Crippen molar-refractivity contribution in [3.63, 3.8) is 0 Å². The lowest BCUT2D eigenvalue weighted by Crippen LogP contribution is -1.89. The molecule has 3 nitrogen and oxygen atoms in total. The molecule has 116 valence electrons. The Bertz CT molecular complexity index is 527. The summed E-state index contributed by atoms with van der Waals surface area (Å²) in [7, 11) is 0. The van der Waals surface area contributed by atoms with Gasteiger partial charge in [-0.1, -0.05) is 38.5 Å². The normalized spacial score (nSPS) is 12.9. The fraction of sp³-hybridized carbons (Fsp3) is 0.471. The van der Waals surface area contributed by atoms with Gasteiger partial charge in [-0.2, -0.15) is 0 Å². The first-order valence-electron chi connectivity index (χ1n) is 7.44. The van der Waals surface area contributed by atoms with Crippen molar-refractivity contribution >= 4 is 22.1 Å². The molecule has 0 aliphatic carbocycles. The van der Waals surface area contributed by atoms with E-state index in [1.54, 1.807) is 6.21 Å². The molecule has 0 atom stereocenters. The second-order valence-electron chi connectivity index (χ2n) is 4.84. The fourth-order valence-corrected chi connectivity index (χ4v) is 2.42. The number of unbranched alkanes of at least 4 members (excludes halogenated alkanes) is 1. The van der Waals surface area contributed by atoms with Crippen LogP contribution in [0.2, 0.25) is 0 Å². The van der Waals surface area contributed by atoms with Crippen LogP contribution in [0.4, 0.5) is 0 Å². The number of hydrogen-bond donors (Lipinski definition) is 1. The van der Waals surface area contributed by atoms with Gasteiger partial charge in [0.05, 0.1) is 22.8 Å². The molecule has 1 rings (SSSR count). The summed E-state index contributed by atoms with van der Waals surface area (Å²) < 4.78 is 6.18. The van der Waals surface area contributed by atoms with Crippen molar-refractivity contribution in [2.24, 2.45) is 4.99 Å². The Labute approximate surface area is 135 Å². The lowest BCUT2D eigenvalue weighted by atomic mass is 10.1. The predicted molar refractivity (Wildman–Crippen MR) is 92.3 cm³/mol. The molecule has 1 N–H and O–H groups in total. The van der Waals surface area contributed by atoms with E-state index in [9.17, 15) is 5.11 Å². The van der Waals surface area contributed by atoms with E-state index in [4.69, 9.17) is 4.42 Å². The van der Waals surface area contributed by atoms with Crippen molar-refractivity contribution in [2.75, 3.05) is 6.54 Å². The largest absolute Gasteiger partial charge is 0.480 e. The molecular formula is C17H24BrNO2. The first-order chi connectivity index (χ1) is 10.1. The number of nitrogens with zero attached hydrogens (tertiary/aromatic N) is 1. The van der Waals surface area contributed by atoms with Gasteiger partial charge in [-0.25, -0.2) is 0 Å². The van der Waals surface area contributed by atoms with Crippen LogP contribution < -0.4 is 0 Å². The topological polar surface area (TPSA) is 45.7 Å². The van der Waals surface area contributed by atoms with E-state index in [1.807, 2.05) is 19.1 Å². The summed E-state index contributed by atoms with van der Waals surface area (Å²) in [6, 6.07) is 0. The molecule has 1 heterocycles. The van der Waals surface area contributed by atoms with E-state index < -0.39 is 0 Å². The summed E-state index contributed by atoms with van der Waals surface area (Å²) >= 11 is 3.49. The number of hydrogen-bond acceptors (Lipinski definition) is 3. The molecule has 0 fully saturated rings. The van der Waals surface area contributed by atoms with Crippen molar-refractivity contribution in [1.29, 1.82) is 0 Å². The van der Waals surface area contributed by atoms with Gasteiger partial charge >= 0.3 is 0 Å². The first kappa shape index (κ1) is 17.8. The maximum absolute atomic E-state index is 9.83. The van der Waals surface area contributed by atoms with Gasteiger partial charge in [-0.05, 0) is 47.7 Å². The van der Waals surface area contributed by atoms with E-state index in [0.717, 1.165) is 35.7 Å². The van der Waals surface area contributed by atoms with Crippen LogP contribution in [0.15, 0.2) is 37.7 Å². The summed E-state index contributed by atoms with van der Waals surface area (Å²) in [6.07, 6.45) is 11.7. The van der Waals surface area contributed by atoms with Crippen LogP contribution in [0.3, 0.4) is 0 Å². The average Bonchev–Trinajstić information content (AvgIpc) is 2.75. The lowest BCUT2D eigenvalue weighted by Gasteiger charge is -1.98. The Hall–Kier alpha value is -1.29. The standard InChI is InChI=1S/C17H24BrNO2/c1-4-7-9-13(6-3)11-19-12-15-16(18)14(10-8-5-2)17(20)21-15/h4,7,9,12,20H,5-6,8,10-11H2,1-3H3/b7-4-,13-9+,19-12?. The molecule has 0 saturated heterocycles. The number of rotatable bonds is 8. The van der Waals surface area contributed by atoms with E-state index in [1.165, 1.54) is 5.57 Å². The van der Waals surface area contributed by atoms with Gasteiger partial charge in [0, 0.05) is 0 Å². The van der Waals surface area contributed by atoms with Crippen molar-refractivity contribution in [1.82, 2.24) is 0 Å². The highest BCUT2D eigenvalue weighted by Crippen LogP contribution is 2.33. The van der Waals surface area contributed by atoms with E-state index in [-0.39, 0.29) is 5.95 Å². The van der Waals surface area contributed by atoms with Crippen LogP contribution in [0.1, 0.15) is 51.4 Å². The summed E-state index contributed by atoms with van der Waals surface area (Å²) in [6.45, 7) is 6.87. The Morgan fingerprint density at radius 1 is 1.38 bits per heavy atom. The predicted octanol–water partition coefficient (Wildman–Crippen LogP) is 5.42. The summed E-state index contributed by atoms with van der Waals surface area (Å²) in [4.78, 5) is 4.40. The number of aliphatic imine (C=N–C) groups is 1. The van der Waals surface area contributed by atoms with Crippen LogP contribution in [0, 0.1) is 0 Å². The zero-order chi connectivity index (χ0) is 15.7. The Kier molecular flexibility index (Phi) is 8.13. The highest BCUT2D eigenvalue weighted by molar-refractivity contribution is 9.10. The lowest BCUT2D eigenvalue weighted by molar-refractivity contribution is 0.326.